The summed E-state index contributed by atoms with van der Waals surface area (Å²) in [6.45, 7) is 6.38. The Bertz CT molecular complexity index is 227. The van der Waals surface area contributed by atoms with Gasteiger partial charge < -0.3 is 5.32 Å². The topological polar surface area (TPSA) is 42.7 Å². The Hall–Kier alpha value is -0.900. The van der Waals surface area contributed by atoms with Crippen LogP contribution in [0.5, 0.6) is 0 Å². The number of likely N-dealkylation sites (N-methyl/N-ethyl adjacent to an activating group) is 1. The molecule has 0 fully saturated rings. The maximum atomic E-state index is 4.12. The molecule has 1 aromatic rings. The molecule has 68 valence electrons. The summed E-state index contributed by atoms with van der Waals surface area (Å²) in [5, 5.41) is 7.33. The Morgan fingerprint density at radius 2 is 2.17 bits per heavy atom. The second kappa shape index (κ2) is 3.23. The highest BCUT2D eigenvalue weighted by molar-refractivity contribution is 4.85. The van der Waals surface area contributed by atoms with E-state index < -0.39 is 0 Å². The van der Waals surface area contributed by atoms with Gasteiger partial charge in [-0.25, -0.2) is 9.67 Å². The number of nitrogens with one attached hydrogen (secondary N) is 1. The van der Waals surface area contributed by atoms with Gasteiger partial charge in [0.1, 0.15) is 12.7 Å². The smallest absolute Gasteiger partial charge is 0.137 e. The van der Waals surface area contributed by atoms with E-state index in [1.54, 1.807) is 12.7 Å². The first-order valence-corrected chi connectivity index (χ1v) is 4.11. The molecule has 0 aliphatic rings. The zero-order valence-electron chi connectivity index (χ0n) is 8.07. The molecule has 1 rings (SSSR count). The monoisotopic (exact) mass is 168 g/mol. The van der Waals surface area contributed by atoms with E-state index in [0.29, 0.717) is 6.04 Å². The Morgan fingerprint density at radius 3 is 2.58 bits per heavy atom. The van der Waals surface area contributed by atoms with E-state index in [2.05, 4.69) is 36.2 Å². The summed E-state index contributed by atoms with van der Waals surface area (Å²) in [6, 6.07) is 0.360. The van der Waals surface area contributed by atoms with E-state index >= 15 is 0 Å². The minimum Gasteiger partial charge on any atom is -0.315 e. The molecule has 0 saturated carbocycles. The normalized spacial score (nSPS) is 14.7. The van der Waals surface area contributed by atoms with Gasteiger partial charge >= 0.3 is 0 Å². The van der Waals surface area contributed by atoms with Crippen molar-refractivity contribution in [3.8, 4) is 0 Å². The van der Waals surface area contributed by atoms with Crippen LogP contribution in [-0.4, -0.2) is 27.9 Å². The number of nitrogens with zero attached hydrogens (tertiary/aromatic N) is 3. The summed E-state index contributed by atoms with van der Waals surface area (Å²) < 4.78 is 1.87. The predicted molar refractivity (Wildman–Crippen MR) is 47.9 cm³/mol. The molecule has 0 aliphatic carbocycles. The molecule has 0 bridgehead atoms. The first-order chi connectivity index (χ1) is 5.59. The Kier molecular flexibility index (Phi) is 2.47. The van der Waals surface area contributed by atoms with Crippen LogP contribution in [0.25, 0.3) is 0 Å². The lowest BCUT2D eigenvalue weighted by atomic mass is 9.97. The lowest BCUT2D eigenvalue weighted by Crippen LogP contribution is -2.45. The van der Waals surface area contributed by atoms with Crippen LogP contribution in [0.4, 0.5) is 0 Å². The quantitative estimate of drug-likeness (QED) is 0.719. The Balaban J connectivity index is 2.85. The summed E-state index contributed by atoms with van der Waals surface area (Å²) >= 11 is 0. The molecule has 12 heavy (non-hydrogen) atoms. The maximum Gasteiger partial charge on any atom is 0.137 e. The molecule has 1 aromatic heterocycles. The van der Waals surface area contributed by atoms with E-state index in [1.807, 2.05) is 11.7 Å². The lowest BCUT2D eigenvalue weighted by Gasteiger charge is -2.31. The van der Waals surface area contributed by atoms with E-state index in [1.165, 1.54) is 0 Å². The second-order valence-corrected chi connectivity index (χ2v) is 3.50. The van der Waals surface area contributed by atoms with Crippen LogP contribution in [0, 0.1) is 0 Å². The number of hydrogen-bond donors (Lipinski definition) is 1. The molecule has 0 amide bonds. The Labute approximate surface area is 73.0 Å². The van der Waals surface area contributed by atoms with Crippen LogP contribution >= 0.6 is 0 Å². The minimum atomic E-state index is -0.0365. The zero-order chi connectivity index (χ0) is 9.19. The van der Waals surface area contributed by atoms with Crippen molar-refractivity contribution >= 4 is 0 Å². The first-order valence-electron chi connectivity index (χ1n) is 4.11. The zero-order valence-corrected chi connectivity index (χ0v) is 8.07. The molecule has 4 nitrogen and oxygen atoms in total. The van der Waals surface area contributed by atoms with Crippen molar-refractivity contribution in [3.63, 3.8) is 0 Å². The Morgan fingerprint density at radius 1 is 1.50 bits per heavy atom. The summed E-state index contributed by atoms with van der Waals surface area (Å²) in [5.74, 6) is 0. The van der Waals surface area contributed by atoms with Crippen molar-refractivity contribution in [1.29, 1.82) is 0 Å². The largest absolute Gasteiger partial charge is 0.315 e. The maximum absolute atomic E-state index is 4.12. The second-order valence-electron chi connectivity index (χ2n) is 3.50. The third kappa shape index (κ3) is 1.48. The average Bonchev–Trinajstić information content (AvgIpc) is 2.55. The fourth-order valence-corrected chi connectivity index (χ4v) is 1.06. The standard InChI is InChI=1S/C8H16N4/c1-7(9-4)8(2,3)12-6-10-5-11-12/h5-7,9H,1-4H3. The van der Waals surface area contributed by atoms with Gasteiger partial charge in [-0.3, -0.25) is 0 Å². The minimum absolute atomic E-state index is 0.0365. The summed E-state index contributed by atoms with van der Waals surface area (Å²) in [7, 11) is 1.95. The van der Waals surface area contributed by atoms with Crippen molar-refractivity contribution in [1.82, 2.24) is 20.1 Å². The number of hydrogen-bond acceptors (Lipinski definition) is 3. The molecular formula is C8H16N4. The fourth-order valence-electron chi connectivity index (χ4n) is 1.06. The summed E-state index contributed by atoms with van der Waals surface area (Å²) in [6.07, 6.45) is 3.30. The first kappa shape index (κ1) is 9.19. The SMILES string of the molecule is CNC(C)C(C)(C)n1cncn1. The molecule has 0 radical (unpaired) electrons. The van der Waals surface area contributed by atoms with E-state index in [9.17, 15) is 0 Å². The molecule has 1 atom stereocenters. The third-order valence-corrected chi connectivity index (χ3v) is 2.50. The molecule has 0 spiro atoms. The molecule has 0 aromatic carbocycles. The van der Waals surface area contributed by atoms with E-state index in [0.717, 1.165) is 0 Å². The van der Waals surface area contributed by atoms with Crippen molar-refractivity contribution in [3.05, 3.63) is 12.7 Å². The van der Waals surface area contributed by atoms with E-state index in [-0.39, 0.29) is 5.54 Å². The molecule has 1 N–H and O–H groups in total. The fraction of sp³-hybridized carbons (Fsp3) is 0.750. The molecule has 1 heterocycles. The molecule has 0 saturated heterocycles. The highest BCUT2D eigenvalue weighted by Crippen LogP contribution is 2.17. The highest BCUT2D eigenvalue weighted by atomic mass is 15.4. The van der Waals surface area contributed by atoms with Crippen molar-refractivity contribution < 1.29 is 0 Å². The summed E-state index contributed by atoms with van der Waals surface area (Å²) in [5.41, 5.74) is -0.0365. The van der Waals surface area contributed by atoms with Gasteiger partial charge in [-0.05, 0) is 27.8 Å². The number of aromatic nitrogens is 3. The van der Waals surface area contributed by atoms with E-state index in [4.69, 9.17) is 0 Å². The van der Waals surface area contributed by atoms with Gasteiger partial charge in [0.15, 0.2) is 0 Å². The van der Waals surface area contributed by atoms with Gasteiger partial charge in [-0.2, -0.15) is 5.10 Å². The van der Waals surface area contributed by atoms with Crippen molar-refractivity contribution in [2.45, 2.75) is 32.4 Å². The van der Waals surface area contributed by atoms with Crippen LogP contribution in [0.1, 0.15) is 20.8 Å². The van der Waals surface area contributed by atoms with Gasteiger partial charge in [0.2, 0.25) is 0 Å². The van der Waals surface area contributed by atoms with Gasteiger partial charge in [0.05, 0.1) is 5.54 Å². The average molecular weight is 168 g/mol. The molecule has 4 heteroatoms. The van der Waals surface area contributed by atoms with Crippen LogP contribution in [0.15, 0.2) is 12.7 Å². The van der Waals surface area contributed by atoms with Gasteiger partial charge in [-0.1, -0.05) is 0 Å². The predicted octanol–water partition coefficient (Wildman–Crippen LogP) is 0.621. The molecule has 1 unspecified atom stereocenters. The lowest BCUT2D eigenvalue weighted by molar-refractivity contribution is 0.241. The van der Waals surface area contributed by atoms with Crippen molar-refractivity contribution in [2.24, 2.45) is 0 Å². The molecule has 0 aliphatic heterocycles. The van der Waals surface area contributed by atoms with Crippen LogP contribution < -0.4 is 5.32 Å². The van der Waals surface area contributed by atoms with Crippen LogP contribution in [0.3, 0.4) is 0 Å². The van der Waals surface area contributed by atoms with Gasteiger partial charge in [0.25, 0.3) is 0 Å². The van der Waals surface area contributed by atoms with Gasteiger partial charge in [0, 0.05) is 6.04 Å². The molecular weight excluding hydrogens is 152 g/mol. The van der Waals surface area contributed by atoms with Crippen LogP contribution in [0.2, 0.25) is 0 Å². The van der Waals surface area contributed by atoms with Crippen molar-refractivity contribution in [2.75, 3.05) is 7.05 Å². The third-order valence-electron chi connectivity index (χ3n) is 2.50. The van der Waals surface area contributed by atoms with Crippen LogP contribution in [-0.2, 0) is 5.54 Å². The van der Waals surface area contributed by atoms with Gasteiger partial charge in [-0.15, -0.1) is 0 Å². The summed E-state index contributed by atoms with van der Waals surface area (Å²) in [4.78, 5) is 3.93. The highest BCUT2D eigenvalue weighted by Gasteiger charge is 2.27. The number of rotatable bonds is 3.